The third-order valence-electron chi connectivity index (χ3n) is 3.45. The van der Waals surface area contributed by atoms with E-state index < -0.39 is 6.10 Å². The number of unbranched alkanes of at least 4 members (excludes halogenated alkanes) is 1. The SMILES string of the molecule is CC(=N\O)/C(C)=N/O.CC(=N\O)/C(C)=N/O.[CH2-]C(O)CCCCOC(C)=O.[Co].c1ccncc1. The number of nitrogens with zero attached hydrogens (tertiary/aromatic N) is 5. The Kier molecular flexibility index (Phi) is 31.5. The fraction of sp³-hybridized carbons (Fsp3) is 0.476. The van der Waals surface area contributed by atoms with E-state index in [2.05, 4.69) is 37.3 Å². The third kappa shape index (κ3) is 31.2. The zero-order valence-corrected chi connectivity index (χ0v) is 21.2. The van der Waals surface area contributed by atoms with Crippen molar-refractivity contribution in [1.29, 1.82) is 0 Å². The van der Waals surface area contributed by atoms with Gasteiger partial charge in [-0.1, -0.05) is 45.6 Å². The summed E-state index contributed by atoms with van der Waals surface area (Å²) in [4.78, 5) is 14.0. The van der Waals surface area contributed by atoms with Crippen molar-refractivity contribution in [2.75, 3.05) is 6.61 Å². The maximum atomic E-state index is 10.3. The second-order valence-corrected chi connectivity index (χ2v) is 6.26. The number of aromatic nitrogens is 1. The molecule has 0 bridgehead atoms. The van der Waals surface area contributed by atoms with Crippen LogP contribution in [0.2, 0.25) is 0 Å². The van der Waals surface area contributed by atoms with Crippen molar-refractivity contribution < 1.29 is 52.2 Å². The Hall–Kier alpha value is -3.03. The number of esters is 1. The molecule has 0 fully saturated rings. The van der Waals surface area contributed by atoms with E-state index in [4.69, 9.17) is 25.9 Å². The van der Waals surface area contributed by atoms with E-state index in [1.54, 1.807) is 12.4 Å². The van der Waals surface area contributed by atoms with Crippen molar-refractivity contribution in [3.8, 4) is 0 Å². The Morgan fingerprint density at radius 2 is 1.21 bits per heavy atom. The number of hydrogen-bond acceptors (Lipinski definition) is 12. The van der Waals surface area contributed by atoms with Crippen molar-refractivity contribution in [1.82, 2.24) is 4.98 Å². The van der Waals surface area contributed by atoms with E-state index in [1.807, 2.05) is 18.2 Å². The fourth-order valence-electron chi connectivity index (χ4n) is 1.30. The van der Waals surface area contributed by atoms with Gasteiger partial charge in [-0.05, 0) is 46.2 Å². The van der Waals surface area contributed by atoms with Gasteiger partial charge < -0.3 is 37.6 Å². The van der Waals surface area contributed by atoms with Crippen molar-refractivity contribution in [2.45, 2.75) is 60.0 Å². The zero-order valence-electron chi connectivity index (χ0n) is 20.1. The fourth-order valence-corrected chi connectivity index (χ4v) is 1.30. The van der Waals surface area contributed by atoms with Crippen LogP contribution in [0.25, 0.3) is 0 Å². The Morgan fingerprint density at radius 1 is 0.824 bits per heavy atom. The number of ether oxygens (including phenoxy) is 1. The normalized spacial score (nSPS) is 12.2. The predicted octanol–water partition coefficient (Wildman–Crippen LogP) is 3.37. The van der Waals surface area contributed by atoms with Crippen molar-refractivity contribution >= 4 is 28.8 Å². The van der Waals surface area contributed by atoms with Crippen molar-refractivity contribution in [2.24, 2.45) is 20.6 Å². The van der Waals surface area contributed by atoms with Gasteiger partial charge in [0.25, 0.3) is 0 Å². The summed E-state index contributed by atoms with van der Waals surface area (Å²) in [6.07, 6.45) is 5.32. The van der Waals surface area contributed by atoms with Crippen LogP contribution < -0.4 is 0 Å². The topological polar surface area (TPSA) is 190 Å². The van der Waals surface area contributed by atoms with Gasteiger partial charge in [0.2, 0.25) is 0 Å². The molecule has 12 nitrogen and oxygen atoms in total. The molecule has 0 aliphatic heterocycles. The number of carbonyl (C=O) groups is 1. The van der Waals surface area contributed by atoms with Gasteiger partial charge in [-0.25, -0.2) is 0 Å². The molecule has 1 heterocycles. The minimum Gasteiger partial charge on any atom is -0.466 e. The first-order valence-corrected chi connectivity index (χ1v) is 9.82. The molecular weight excluding hydrogens is 493 g/mol. The van der Waals surface area contributed by atoms with Gasteiger partial charge in [0, 0.05) is 36.1 Å². The first-order chi connectivity index (χ1) is 15.6. The molecule has 1 atom stereocenters. The largest absolute Gasteiger partial charge is 0.466 e. The standard InChI is InChI=1S/C8H15O3.C5H5N.2C4H8N2O2.Co/c1-7(9)5-3-4-6-11-8(2)10;1-2-4-6-5-3-1;2*1-3(5-7)4(2)6-8;/h7,9H,1,3-6H2,2H3;1-5H;2*7-8H,1-2H3;/q-1;;;;/b;;2*5-3+,6-4+;. The first kappa shape index (κ1) is 38.2. The monoisotopic (exact) mass is 529 g/mol. The van der Waals surface area contributed by atoms with Crippen LogP contribution in [0.15, 0.2) is 51.2 Å². The third-order valence-corrected chi connectivity index (χ3v) is 3.45. The van der Waals surface area contributed by atoms with E-state index >= 15 is 0 Å². The molecule has 0 aliphatic rings. The molecule has 1 aromatic heterocycles. The molecular formula is C21H36CoN5O7-. The summed E-state index contributed by atoms with van der Waals surface area (Å²) in [6.45, 7) is 11.4. The molecule has 0 aliphatic carbocycles. The predicted molar refractivity (Wildman–Crippen MR) is 126 cm³/mol. The van der Waals surface area contributed by atoms with Gasteiger partial charge in [-0.15, -0.1) is 0 Å². The molecule has 1 rings (SSSR count). The van der Waals surface area contributed by atoms with Crippen LogP contribution in [0.3, 0.4) is 0 Å². The summed E-state index contributed by atoms with van der Waals surface area (Å²) in [7, 11) is 0. The van der Waals surface area contributed by atoms with Gasteiger partial charge in [0.1, 0.15) is 22.8 Å². The van der Waals surface area contributed by atoms with Gasteiger partial charge in [-0.3, -0.25) is 9.78 Å². The summed E-state index contributed by atoms with van der Waals surface area (Å²) >= 11 is 0. The van der Waals surface area contributed by atoms with Gasteiger partial charge in [-0.2, -0.15) is 0 Å². The molecule has 0 saturated carbocycles. The smallest absolute Gasteiger partial charge is 0.302 e. The molecule has 13 heteroatoms. The zero-order chi connectivity index (χ0) is 26.1. The number of oxime groups is 4. The minimum absolute atomic E-state index is 0. The molecule has 34 heavy (non-hydrogen) atoms. The van der Waals surface area contributed by atoms with Crippen LogP contribution in [0, 0.1) is 6.92 Å². The quantitative estimate of drug-likeness (QED) is 0.0887. The summed E-state index contributed by atoms with van der Waals surface area (Å²) < 4.78 is 4.68. The summed E-state index contributed by atoms with van der Waals surface area (Å²) in [5.41, 5.74) is 1.25. The van der Waals surface area contributed by atoms with Crippen molar-refractivity contribution in [3.63, 3.8) is 0 Å². The van der Waals surface area contributed by atoms with E-state index in [0.29, 0.717) is 35.9 Å². The average Bonchev–Trinajstić information content (AvgIpc) is 2.83. The Balaban J connectivity index is -0.000000178. The van der Waals surface area contributed by atoms with Crippen LogP contribution in [0.4, 0.5) is 0 Å². The Labute approximate surface area is 210 Å². The average molecular weight is 529 g/mol. The van der Waals surface area contributed by atoms with E-state index in [9.17, 15) is 4.79 Å². The maximum Gasteiger partial charge on any atom is 0.302 e. The van der Waals surface area contributed by atoms with Gasteiger partial charge in [0.15, 0.2) is 0 Å². The van der Waals surface area contributed by atoms with Gasteiger partial charge in [0.05, 0.1) is 6.61 Å². The van der Waals surface area contributed by atoms with Crippen LogP contribution in [-0.4, -0.2) is 72.4 Å². The Bertz CT molecular complexity index is 637. The van der Waals surface area contributed by atoms with Gasteiger partial charge >= 0.3 is 5.97 Å². The van der Waals surface area contributed by atoms with E-state index in [1.165, 1.54) is 34.6 Å². The summed E-state index contributed by atoms with van der Waals surface area (Å²) in [6, 6.07) is 5.72. The van der Waals surface area contributed by atoms with Crippen molar-refractivity contribution in [3.05, 3.63) is 37.5 Å². The first-order valence-electron chi connectivity index (χ1n) is 9.82. The molecule has 0 amide bonds. The molecule has 197 valence electrons. The number of carbonyl (C=O) groups excluding carboxylic acids is 1. The van der Waals surface area contributed by atoms with E-state index in [-0.39, 0.29) is 22.7 Å². The minimum atomic E-state index is -0.493. The number of pyridine rings is 1. The van der Waals surface area contributed by atoms with Crippen LogP contribution >= 0.6 is 0 Å². The van der Waals surface area contributed by atoms with Crippen LogP contribution in [0.5, 0.6) is 0 Å². The maximum absolute atomic E-state index is 10.3. The number of rotatable bonds is 7. The molecule has 0 saturated heterocycles. The molecule has 1 aromatic rings. The van der Waals surface area contributed by atoms with Crippen LogP contribution in [0.1, 0.15) is 53.9 Å². The second-order valence-electron chi connectivity index (χ2n) is 6.26. The summed E-state index contributed by atoms with van der Waals surface area (Å²) in [5.74, 6) is -0.250. The number of aliphatic hydroxyl groups excluding tert-OH is 1. The number of aliphatic hydroxyl groups is 1. The van der Waals surface area contributed by atoms with E-state index in [0.717, 1.165) is 12.8 Å². The molecule has 1 radical (unpaired) electrons. The molecule has 0 aromatic carbocycles. The number of hydrogen-bond donors (Lipinski definition) is 5. The summed E-state index contributed by atoms with van der Waals surface area (Å²) in [5, 5.41) is 52.0. The van der Waals surface area contributed by atoms with Crippen LogP contribution in [-0.2, 0) is 26.3 Å². The molecule has 1 unspecified atom stereocenters. The second kappa shape index (κ2) is 28.0. The Morgan fingerprint density at radius 3 is 1.41 bits per heavy atom. The molecule has 0 spiro atoms. The molecule has 5 N–H and O–H groups in total.